The molecule has 3 nitrogen and oxygen atoms in total. The van der Waals surface area contributed by atoms with Crippen molar-refractivity contribution >= 4 is 5.82 Å². The van der Waals surface area contributed by atoms with Crippen LogP contribution in [-0.4, -0.2) is 11.0 Å². The smallest absolute Gasteiger partial charge is 0.127 e. The van der Waals surface area contributed by atoms with Gasteiger partial charge in [-0.25, -0.2) is 4.98 Å². The molecule has 0 bridgehead atoms. The Kier molecular flexibility index (Phi) is 3.47. The fourth-order valence-electron chi connectivity index (χ4n) is 1.91. The SMILES string of the molecule is Cc1ccnc(N)c1C(C)CC(C)N. The number of hydrogen-bond donors (Lipinski definition) is 2. The molecule has 78 valence electrons. The number of anilines is 1. The standard InChI is InChI=1S/C11H19N3/c1-7-4-5-14-11(13)10(7)8(2)6-9(3)12/h4-5,8-9H,6,12H2,1-3H3,(H2,13,14). The minimum Gasteiger partial charge on any atom is -0.383 e. The average Bonchev–Trinajstić information content (AvgIpc) is 2.01. The molecule has 1 aromatic rings. The van der Waals surface area contributed by atoms with E-state index in [-0.39, 0.29) is 6.04 Å². The number of nitrogen functional groups attached to an aromatic ring is 1. The molecule has 0 aliphatic rings. The normalized spacial score (nSPS) is 15.1. The summed E-state index contributed by atoms with van der Waals surface area (Å²) in [7, 11) is 0. The summed E-state index contributed by atoms with van der Waals surface area (Å²) in [5.74, 6) is 1.02. The Morgan fingerprint density at radius 1 is 1.43 bits per heavy atom. The van der Waals surface area contributed by atoms with Crippen LogP contribution in [0.3, 0.4) is 0 Å². The third-order valence-corrected chi connectivity index (χ3v) is 2.46. The molecule has 3 heteroatoms. The highest BCUT2D eigenvalue weighted by Crippen LogP contribution is 2.27. The topological polar surface area (TPSA) is 64.9 Å². The summed E-state index contributed by atoms with van der Waals surface area (Å²) in [6.45, 7) is 6.22. The summed E-state index contributed by atoms with van der Waals surface area (Å²) in [5, 5.41) is 0. The number of hydrogen-bond acceptors (Lipinski definition) is 3. The van der Waals surface area contributed by atoms with Crippen molar-refractivity contribution in [2.75, 3.05) is 5.73 Å². The number of aromatic nitrogens is 1. The lowest BCUT2D eigenvalue weighted by atomic mass is 9.92. The zero-order valence-corrected chi connectivity index (χ0v) is 9.12. The Balaban J connectivity index is 2.94. The van der Waals surface area contributed by atoms with Gasteiger partial charge in [-0.05, 0) is 37.8 Å². The number of rotatable bonds is 3. The minimum absolute atomic E-state index is 0.198. The molecule has 0 fully saturated rings. The van der Waals surface area contributed by atoms with Crippen LogP contribution >= 0.6 is 0 Å². The number of nitrogens with zero attached hydrogens (tertiary/aromatic N) is 1. The van der Waals surface area contributed by atoms with Crippen LogP contribution in [0, 0.1) is 6.92 Å². The molecular formula is C11H19N3. The first-order chi connectivity index (χ1) is 6.52. The number of aryl methyl sites for hydroxylation is 1. The van der Waals surface area contributed by atoms with Gasteiger partial charge in [-0.1, -0.05) is 6.92 Å². The molecular weight excluding hydrogens is 174 g/mol. The monoisotopic (exact) mass is 193 g/mol. The first-order valence-corrected chi connectivity index (χ1v) is 4.99. The molecule has 0 saturated carbocycles. The van der Waals surface area contributed by atoms with Crippen LogP contribution < -0.4 is 11.5 Å². The van der Waals surface area contributed by atoms with E-state index in [1.165, 1.54) is 5.56 Å². The quantitative estimate of drug-likeness (QED) is 0.769. The zero-order chi connectivity index (χ0) is 10.7. The fraction of sp³-hybridized carbons (Fsp3) is 0.545. The molecule has 0 aromatic carbocycles. The summed E-state index contributed by atoms with van der Waals surface area (Å²) < 4.78 is 0. The Labute approximate surface area is 85.5 Å². The summed E-state index contributed by atoms with van der Waals surface area (Å²) in [5.41, 5.74) is 14.0. The lowest BCUT2D eigenvalue weighted by molar-refractivity contribution is 0.584. The molecule has 0 aliphatic heterocycles. The van der Waals surface area contributed by atoms with E-state index in [1.54, 1.807) is 6.20 Å². The maximum atomic E-state index is 5.85. The Bertz CT molecular complexity index is 287. The van der Waals surface area contributed by atoms with E-state index in [9.17, 15) is 0 Å². The molecule has 0 saturated heterocycles. The van der Waals surface area contributed by atoms with Crippen LogP contribution in [0.25, 0.3) is 0 Å². The Hall–Kier alpha value is -1.09. The first-order valence-electron chi connectivity index (χ1n) is 4.99. The molecule has 1 aromatic heterocycles. The molecule has 14 heavy (non-hydrogen) atoms. The summed E-state index contributed by atoms with van der Waals surface area (Å²) in [4.78, 5) is 4.11. The van der Waals surface area contributed by atoms with E-state index in [0.29, 0.717) is 11.7 Å². The molecule has 0 spiro atoms. The molecule has 0 radical (unpaired) electrons. The minimum atomic E-state index is 0.198. The second-order valence-corrected chi connectivity index (χ2v) is 4.04. The summed E-state index contributed by atoms with van der Waals surface area (Å²) >= 11 is 0. The van der Waals surface area contributed by atoms with Crippen LogP contribution in [0.5, 0.6) is 0 Å². The van der Waals surface area contributed by atoms with Gasteiger partial charge < -0.3 is 11.5 Å². The molecule has 4 N–H and O–H groups in total. The van der Waals surface area contributed by atoms with Gasteiger partial charge in [0.1, 0.15) is 5.82 Å². The third kappa shape index (κ3) is 2.45. The van der Waals surface area contributed by atoms with Crippen LogP contribution in [-0.2, 0) is 0 Å². The van der Waals surface area contributed by atoms with Crippen molar-refractivity contribution in [3.05, 3.63) is 23.4 Å². The van der Waals surface area contributed by atoms with E-state index in [1.807, 2.05) is 13.0 Å². The van der Waals surface area contributed by atoms with Crippen molar-refractivity contribution in [2.24, 2.45) is 5.73 Å². The molecule has 0 amide bonds. The first kappa shape index (κ1) is 11.0. The molecule has 1 heterocycles. The van der Waals surface area contributed by atoms with Crippen molar-refractivity contribution in [1.82, 2.24) is 4.98 Å². The fourth-order valence-corrected chi connectivity index (χ4v) is 1.91. The summed E-state index contributed by atoms with van der Waals surface area (Å²) in [6.07, 6.45) is 2.68. The maximum absolute atomic E-state index is 5.85. The van der Waals surface area contributed by atoms with E-state index < -0.39 is 0 Å². The highest BCUT2D eigenvalue weighted by Gasteiger charge is 2.13. The van der Waals surface area contributed by atoms with Crippen molar-refractivity contribution in [1.29, 1.82) is 0 Å². The molecule has 2 unspecified atom stereocenters. The lowest BCUT2D eigenvalue weighted by Gasteiger charge is -2.17. The zero-order valence-electron chi connectivity index (χ0n) is 9.12. The maximum Gasteiger partial charge on any atom is 0.127 e. The van der Waals surface area contributed by atoms with Crippen LogP contribution in [0.2, 0.25) is 0 Å². The Morgan fingerprint density at radius 2 is 2.07 bits per heavy atom. The van der Waals surface area contributed by atoms with Crippen LogP contribution in [0.15, 0.2) is 12.3 Å². The van der Waals surface area contributed by atoms with Gasteiger partial charge in [-0.2, -0.15) is 0 Å². The second kappa shape index (κ2) is 4.42. The summed E-state index contributed by atoms with van der Waals surface area (Å²) in [6, 6.07) is 2.19. The lowest BCUT2D eigenvalue weighted by Crippen LogP contribution is -2.18. The third-order valence-electron chi connectivity index (χ3n) is 2.46. The van der Waals surface area contributed by atoms with Crippen LogP contribution in [0.4, 0.5) is 5.82 Å². The predicted octanol–water partition coefficient (Wildman–Crippen LogP) is 1.81. The van der Waals surface area contributed by atoms with Gasteiger partial charge in [0.05, 0.1) is 0 Å². The van der Waals surface area contributed by atoms with Crippen molar-refractivity contribution in [3.8, 4) is 0 Å². The van der Waals surface area contributed by atoms with Crippen molar-refractivity contribution in [2.45, 2.75) is 39.2 Å². The van der Waals surface area contributed by atoms with E-state index in [0.717, 1.165) is 12.0 Å². The molecule has 0 aliphatic carbocycles. The van der Waals surface area contributed by atoms with Gasteiger partial charge in [0.15, 0.2) is 0 Å². The largest absolute Gasteiger partial charge is 0.383 e. The van der Waals surface area contributed by atoms with Crippen molar-refractivity contribution in [3.63, 3.8) is 0 Å². The Morgan fingerprint density at radius 3 is 2.57 bits per heavy atom. The van der Waals surface area contributed by atoms with E-state index in [4.69, 9.17) is 11.5 Å². The second-order valence-electron chi connectivity index (χ2n) is 4.04. The van der Waals surface area contributed by atoms with E-state index in [2.05, 4.69) is 18.8 Å². The highest BCUT2D eigenvalue weighted by atomic mass is 14.8. The predicted molar refractivity (Wildman–Crippen MR) is 60.1 cm³/mol. The van der Waals surface area contributed by atoms with Crippen molar-refractivity contribution < 1.29 is 0 Å². The number of nitrogens with two attached hydrogens (primary N) is 2. The highest BCUT2D eigenvalue weighted by molar-refractivity contribution is 5.46. The van der Waals surface area contributed by atoms with Gasteiger partial charge >= 0.3 is 0 Å². The van der Waals surface area contributed by atoms with Gasteiger partial charge in [-0.15, -0.1) is 0 Å². The molecule has 2 atom stereocenters. The van der Waals surface area contributed by atoms with Gasteiger partial charge in [0.25, 0.3) is 0 Å². The molecule has 1 rings (SSSR count). The van der Waals surface area contributed by atoms with Gasteiger partial charge in [0, 0.05) is 17.8 Å². The average molecular weight is 193 g/mol. The van der Waals surface area contributed by atoms with Crippen LogP contribution in [0.1, 0.15) is 37.3 Å². The van der Waals surface area contributed by atoms with E-state index >= 15 is 0 Å². The van der Waals surface area contributed by atoms with Gasteiger partial charge in [-0.3, -0.25) is 0 Å². The number of pyridine rings is 1. The van der Waals surface area contributed by atoms with Gasteiger partial charge in [0.2, 0.25) is 0 Å².